The largest absolute Gasteiger partial charge is 0.461 e. The lowest BCUT2D eigenvalue weighted by atomic mass is 9.77. The first-order chi connectivity index (χ1) is 19.6. The molecule has 0 bridgehead atoms. The molecule has 0 fully saturated rings. The van der Waals surface area contributed by atoms with E-state index in [4.69, 9.17) is 0 Å². The zero-order chi connectivity index (χ0) is 31.3. The number of amides is 2. The molecular weight excluding hydrogens is 587 g/mol. The predicted octanol–water partition coefficient (Wildman–Crippen LogP) is 5.27. The Bertz CT molecular complexity index is 1340. The first-order valence-electron chi connectivity index (χ1n) is 12.0. The van der Waals surface area contributed by atoms with Crippen LogP contribution in [-0.4, -0.2) is 53.7 Å². The van der Waals surface area contributed by atoms with E-state index in [9.17, 15) is 54.5 Å². The van der Waals surface area contributed by atoms with Gasteiger partial charge >= 0.3 is 24.7 Å². The van der Waals surface area contributed by atoms with Crippen LogP contribution < -0.4 is 15.4 Å². The summed E-state index contributed by atoms with van der Waals surface area (Å²) in [6, 6.07) is 9.80. The number of nitrogens with one attached hydrogen (secondary N) is 2. The number of aliphatic hydroxyl groups is 2. The highest BCUT2D eigenvalue weighted by Gasteiger charge is 2.46. The van der Waals surface area contributed by atoms with E-state index in [2.05, 4.69) is 10.1 Å². The molecule has 0 spiro atoms. The van der Waals surface area contributed by atoms with Crippen LogP contribution in [0.1, 0.15) is 16.7 Å². The Labute approximate surface area is 232 Å². The van der Waals surface area contributed by atoms with E-state index in [1.807, 2.05) is 0 Å². The van der Waals surface area contributed by atoms with Gasteiger partial charge < -0.3 is 25.6 Å². The van der Waals surface area contributed by atoms with Gasteiger partial charge in [0.25, 0.3) is 0 Å². The topological polar surface area (TPSA) is 90.8 Å². The molecule has 3 atom stereocenters. The van der Waals surface area contributed by atoms with Crippen LogP contribution in [-0.2, 0) is 12.0 Å². The molecule has 15 heteroatoms. The van der Waals surface area contributed by atoms with E-state index < -0.39 is 72.0 Å². The molecule has 0 aromatic heterocycles. The molecular formula is C27H23F9N2O4. The number of ether oxygens (including phenoxy) is 1. The van der Waals surface area contributed by atoms with Gasteiger partial charge in [0.1, 0.15) is 17.4 Å². The maximum atomic E-state index is 14.8. The van der Waals surface area contributed by atoms with Crippen molar-refractivity contribution in [2.75, 3.05) is 6.61 Å². The van der Waals surface area contributed by atoms with E-state index in [-0.39, 0.29) is 12.0 Å². The van der Waals surface area contributed by atoms with Gasteiger partial charge in [0.15, 0.2) is 6.10 Å². The fourth-order valence-electron chi connectivity index (χ4n) is 4.12. The van der Waals surface area contributed by atoms with Crippen molar-refractivity contribution in [1.82, 2.24) is 10.6 Å². The average Bonchev–Trinajstić information content (AvgIpc) is 2.90. The fourth-order valence-corrected chi connectivity index (χ4v) is 4.12. The lowest BCUT2D eigenvalue weighted by Crippen LogP contribution is -2.58. The predicted molar refractivity (Wildman–Crippen MR) is 130 cm³/mol. The van der Waals surface area contributed by atoms with Crippen LogP contribution >= 0.6 is 0 Å². The third kappa shape index (κ3) is 7.85. The minimum absolute atomic E-state index is 0.0583. The van der Waals surface area contributed by atoms with Crippen LogP contribution in [0, 0.1) is 11.6 Å². The zero-order valence-corrected chi connectivity index (χ0v) is 21.2. The van der Waals surface area contributed by atoms with Gasteiger partial charge in [0.2, 0.25) is 0 Å². The van der Waals surface area contributed by atoms with Crippen molar-refractivity contribution in [1.29, 1.82) is 0 Å². The number of hydrogen-bond donors (Lipinski definition) is 4. The third-order valence-corrected chi connectivity index (χ3v) is 6.08. The van der Waals surface area contributed by atoms with Gasteiger partial charge in [0, 0.05) is 12.5 Å². The van der Waals surface area contributed by atoms with Crippen LogP contribution in [0.3, 0.4) is 0 Å². The van der Waals surface area contributed by atoms with E-state index >= 15 is 0 Å². The Balaban J connectivity index is 2.21. The number of alkyl halides is 7. The number of hydrogen-bond acceptors (Lipinski definition) is 4. The molecule has 0 saturated heterocycles. The van der Waals surface area contributed by atoms with Crippen molar-refractivity contribution < 1.29 is 59.3 Å². The van der Waals surface area contributed by atoms with Crippen molar-refractivity contribution in [2.45, 2.75) is 42.8 Å². The quantitative estimate of drug-likeness (QED) is 0.223. The van der Waals surface area contributed by atoms with Crippen LogP contribution in [0.2, 0.25) is 0 Å². The molecule has 2 amide bonds. The summed E-state index contributed by atoms with van der Waals surface area (Å²) in [6.07, 6.45) is -18.2. The zero-order valence-electron chi connectivity index (χ0n) is 21.2. The van der Waals surface area contributed by atoms with E-state index in [0.29, 0.717) is 23.8 Å². The standard InChI is InChI=1S/C27H23F9N2O4/c28-18-8-6-16(7-9-18)25(13-15-4-2-1-3-5-15,38-24(41)37-21(14-39)22(40)26(32,33)34)17-10-19(29)12-20(11-17)42-27(35,36)23(30)31/h1-12,21-23,39-40H,13-14H2,(H2,37,38,41)/t21-,22-,25-/m1/s1. The molecule has 0 radical (unpaired) electrons. The van der Waals surface area contributed by atoms with Crippen molar-refractivity contribution in [2.24, 2.45) is 0 Å². The number of aliphatic hydroxyl groups excluding tert-OH is 2. The molecule has 42 heavy (non-hydrogen) atoms. The molecule has 6 nitrogen and oxygen atoms in total. The van der Waals surface area contributed by atoms with Gasteiger partial charge in [-0.15, -0.1) is 0 Å². The number of urea groups is 1. The minimum Gasteiger partial charge on any atom is -0.428 e. The molecule has 0 heterocycles. The van der Waals surface area contributed by atoms with E-state index in [0.717, 1.165) is 24.3 Å². The number of benzene rings is 3. The SMILES string of the molecule is O=C(N[C@H](CO)[C@@H](O)C(F)(F)F)N[C@](Cc1ccccc1)(c1ccc(F)cc1)c1cc(F)cc(OC(F)(F)C(F)F)c1. The second-order valence-corrected chi connectivity index (χ2v) is 9.09. The molecule has 0 saturated carbocycles. The number of halogens is 9. The molecule has 0 aliphatic rings. The van der Waals surface area contributed by atoms with Crippen molar-refractivity contribution >= 4 is 6.03 Å². The molecule has 0 unspecified atom stereocenters. The van der Waals surface area contributed by atoms with Gasteiger partial charge in [-0.05, 0) is 41.0 Å². The molecule has 228 valence electrons. The smallest absolute Gasteiger partial charge is 0.428 e. The first-order valence-corrected chi connectivity index (χ1v) is 12.0. The molecule has 3 aromatic rings. The van der Waals surface area contributed by atoms with Gasteiger partial charge in [-0.2, -0.15) is 30.7 Å². The van der Waals surface area contributed by atoms with Crippen molar-refractivity contribution in [3.05, 3.63) is 101 Å². The van der Waals surface area contributed by atoms with Gasteiger partial charge in [-0.1, -0.05) is 42.5 Å². The maximum absolute atomic E-state index is 14.8. The Morgan fingerprint density at radius 2 is 1.48 bits per heavy atom. The highest BCUT2D eigenvalue weighted by molar-refractivity contribution is 5.76. The number of carbonyl (C=O) groups excluding carboxylic acids is 1. The Morgan fingerprint density at radius 1 is 0.857 bits per heavy atom. The molecule has 3 rings (SSSR count). The van der Waals surface area contributed by atoms with Crippen LogP contribution in [0.15, 0.2) is 72.8 Å². The van der Waals surface area contributed by atoms with Gasteiger partial charge in [-0.3, -0.25) is 0 Å². The third-order valence-electron chi connectivity index (χ3n) is 6.08. The summed E-state index contributed by atoms with van der Waals surface area (Å²) >= 11 is 0. The second-order valence-electron chi connectivity index (χ2n) is 9.09. The minimum atomic E-state index is -5.26. The summed E-state index contributed by atoms with van der Waals surface area (Å²) in [5, 5.41) is 23.0. The van der Waals surface area contributed by atoms with E-state index in [1.165, 1.54) is 12.1 Å². The summed E-state index contributed by atoms with van der Waals surface area (Å²) < 4.78 is 125. The monoisotopic (exact) mass is 610 g/mol. The van der Waals surface area contributed by atoms with Crippen LogP contribution in [0.25, 0.3) is 0 Å². The lowest BCUT2D eigenvalue weighted by molar-refractivity contribution is -0.253. The van der Waals surface area contributed by atoms with E-state index in [1.54, 1.807) is 23.5 Å². The highest BCUT2D eigenvalue weighted by Crippen LogP contribution is 2.38. The summed E-state index contributed by atoms with van der Waals surface area (Å²) in [5.41, 5.74) is -2.23. The van der Waals surface area contributed by atoms with Crippen molar-refractivity contribution in [3.63, 3.8) is 0 Å². The summed E-state index contributed by atoms with van der Waals surface area (Å²) in [6.45, 7) is -1.38. The van der Waals surface area contributed by atoms with Crippen molar-refractivity contribution in [3.8, 4) is 5.75 Å². The second kappa shape index (κ2) is 12.9. The molecule has 3 aromatic carbocycles. The van der Waals surface area contributed by atoms with Gasteiger partial charge in [0.05, 0.1) is 18.2 Å². The van der Waals surface area contributed by atoms with Gasteiger partial charge in [-0.25, -0.2) is 13.6 Å². The van der Waals surface area contributed by atoms with Crippen LogP contribution in [0.4, 0.5) is 44.3 Å². The highest BCUT2D eigenvalue weighted by atomic mass is 19.4. The maximum Gasteiger partial charge on any atom is 0.461 e. The van der Waals surface area contributed by atoms with Crippen LogP contribution in [0.5, 0.6) is 5.75 Å². The lowest BCUT2D eigenvalue weighted by Gasteiger charge is -2.37. The molecule has 4 N–H and O–H groups in total. The molecule has 0 aliphatic heterocycles. The summed E-state index contributed by atoms with van der Waals surface area (Å²) in [4.78, 5) is 13.1. The Morgan fingerprint density at radius 3 is 2.02 bits per heavy atom. The normalized spacial score (nSPS) is 15.0. The Kier molecular flexibility index (Phi) is 9.99. The Hall–Kier alpha value is -3.98. The summed E-state index contributed by atoms with van der Waals surface area (Å²) in [5.74, 6) is -3.17. The number of carbonyl (C=O) groups is 1. The summed E-state index contributed by atoms with van der Waals surface area (Å²) in [7, 11) is 0. The first kappa shape index (κ1) is 32.5. The number of rotatable bonds is 11. The molecule has 0 aliphatic carbocycles. The fraction of sp³-hybridized carbons (Fsp3) is 0.296. The average molecular weight is 610 g/mol.